The van der Waals surface area contributed by atoms with Crippen molar-refractivity contribution in [2.24, 2.45) is 0 Å². The molecule has 1 atom stereocenters. The molecular weight excluding hydrogens is 380 g/mol. The van der Waals surface area contributed by atoms with Gasteiger partial charge in [-0.05, 0) is 61.0 Å². The predicted molar refractivity (Wildman–Crippen MR) is 114 cm³/mol. The molecule has 2 amide bonds. The SMILES string of the molecule is CNC(=O)C(NC(=O)c1ccc(Oc2ccc(C(C)=O)cc2)cc1)c1ccccc1. The summed E-state index contributed by atoms with van der Waals surface area (Å²) in [4.78, 5) is 36.2. The number of likely N-dealkylation sites (N-methyl/N-ethyl adjacent to an activating group) is 1. The molecule has 0 aliphatic heterocycles. The fourth-order valence-electron chi connectivity index (χ4n) is 2.87. The van der Waals surface area contributed by atoms with Crippen LogP contribution in [0.2, 0.25) is 0 Å². The van der Waals surface area contributed by atoms with E-state index in [0.29, 0.717) is 28.2 Å². The molecule has 3 aromatic rings. The zero-order valence-electron chi connectivity index (χ0n) is 16.7. The lowest BCUT2D eigenvalue weighted by Crippen LogP contribution is -2.39. The molecule has 0 aromatic heterocycles. The van der Waals surface area contributed by atoms with Crippen LogP contribution >= 0.6 is 0 Å². The molecule has 6 nitrogen and oxygen atoms in total. The molecular formula is C24H22N2O4. The van der Waals surface area contributed by atoms with Crippen LogP contribution in [0.5, 0.6) is 11.5 Å². The van der Waals surface area contributed by atoms with E-state index in [9.17, 15) is 14.4 Å². The maximum absolute atomic E-state index is 12.7. The summed E-state index contributed by atoms with van der Waals surface area (Å²) in [6, 6.07) is 21.7. The third kappa shape index (κ3) is 5.11. The molecule has 152 valence electrons. The van der Waals surface area contributed by atoms with Crippen molar-refractivity contribution in [3.05, 3.63) is 95.6 Å². The summed E-state index contributed by atoms with van der Waals surface area (Å²) in [5.74, 6) is 0.449. The molecule has 30 heavy (non-hydrogen) atoms. The van der Waals surface area contributed by atoms with Gasteiger partial charge in [0, 0.05) is 18.2 Å². The van der Waals surface area contributed by atoms with E-state index in [1.807, 2.05) is 18.2 Å². The summed E-state index contributed by atoms with van der Waals surface area (Å²) in [7, 11) is 1.53. The Bertz CT molecular complexity index is 1030. The van der Waals surface area contributed by atoms with Crippen LogP contribution in [0, 0.1) is 0 Å². The number of Topliss-reactive ketones (excluding diaryl/α,β-unsaturated/α-hetero) is 1. The van der Waals surface area contributed by atoms with Gasteiger partial charge in [-0.2, -0.15) is 0 Å². The molecule has 3 aromatic carbocycles. The minimum Gasteiger partial charge on any atom is -0.457 e. The molecule has 0 fully saturated rings. The Morgan fingerprint density at radius 2 is 1.30 bits per heavy atom. The van der Waals surface area contributed by atoms with Crippen molar-refractivity contribution in [1.29, 1.82) is 0 Å². The zero-order valence-corrected chi connectivity index (χ0v) is 16.7. The van der Waals surface area contributed by atoms with Crippen LogP contribution in [0.25, 0.3) is 0 Å². The Kier molecular flexibility index (Phi) is 6.60. The van der Waals surface area contributed by atoms with Crippen LogP contribution in [0.3, 0.4) is 0 Å². The number of nitrogens with one attached hydrogen (secondary N) is 2. The van der Waals surface area contributed by atoms with Gasteiger partial charge in [0.1, 0.15) is 17.5 Å². The Hall–Kier alpha value is -3.93. The largest absolute Gasteiger partial charge is 0.457 e. The minimum atomic E-state index is -0.792. The predicted octanol–water partition coefficient (Wildman–Crippen LogP) is 3.90. The second kappa shape index (κ2) is 9.52. The Labute approximate surface area is 174 Å². The second-order valence-corrected chi connectivity index (χ2v) is 6.64. The first-order valence-electron chi connectivity index (χ1n) is 9.44. The number of ether oxygens (including phenoxy) is 1. The molecule has 6 heteroatoms. The van der Waals surface area contributed by atoms with Gasteiger partial charge in [-0.3, -0.25) is 14.4 Å². The van der Waals surface area contributed by atoms with Gasteiger partial charge < -0.3 is 15.4 Å². The maximum Gasteiger partial charge on any atom is 0.252 e. The maximum atomic E-state index is 12.7. The van der Waals surface area contributed by atoms with E-state index < -0.39 is 6.04 Å². The number of carbonyl (C=O) groups is 3. The summed E-state index contributed by atoms with van der Waals surface area (Å²) in [5.41, 5.74) is 1.71. The quantitative estimate of drug-likeness (QED) is 0.587. The van der Waals surface area contributed by atoms with Crippen LogP contribution in [-0.4, -0.2) is 24.6 Å². The summed E-state index contributed by atoms with van der Waals surface area (Å²) < 4.78 is 5.75. The third-order valence-corrected chi connectivity index (χ3v) is 4.53. The molecule has 2 N–H and O–H groups in total. The van der Waals surface area contributed by atoms with Gasteiger partial charge in [0.15, 0.2) is 5.78 Å². The average molecular weight is 402 g/mol. The van der Waals surface area contributed by atoms with E-state index in [4.69, 9.17) is 4.74 Å². The Morgan fingerprint density at radius 3 is 1.80 bits per heavy atom. The van der Waals surface area contributed by atoms with Crippen molar-refractivity contribution in [3.8, 4) is 11.5 Å². The van der Waals surface area contributed by atoms with E-state index in [0.717, 1.165) is 0 Å². The van der Waals surface area contributed by atoms with E-state index in [1.54, 1.807) is 60.7 Å². The van der Waals surface area contributed by atoms with Crippen molar-refractivity contribution in [2.75, 3.05) is 7.05 Å². The van der Waals surface area contributed by atoms with Crippen molar-refractivity contribution < 1.29 is 19.1 Å². The van der Waals surface area contributed by atoms with E-state index in [-0.39, 0.29) is 17.6 Å². The molecule has 0 heterocycles. The van der Waals surface area contributed by atoms with Crippen LogP contribution in [0.1, 0.15) is 39.2 Å². The lowest BCUT2D eigenvalue weighted by atomic mass is 10.1. The fourth-order valence-corrected chi connectivity index (χ4v) is 2.87. The molecule has 0 aliphatic rings. The first kappa shape index (κ1) is 20.8. The molecule has 0 spiro atoms. The molecule has 0 radical (unpaired) electrons. The van der Waals surface area contributed by atoms with Crippen LogP contribution < -0.4 is 15.4 Å². The topological polar surface area (TPSA) is 84.5 Å². The lowest BCUT2D eigenvalue weighted by Gasteiger charge is -2.18. The first-order chi connectivity index (χ1) is 14.5. The number of hydrogen-bond acceptors (Lipinski definition) is 4. The van der Waals surface area contributed by atoms with Crippen molar-refractivity contribution >= 4 is 17.6 Å². The Balaban J connectivity index is 1.69. The first-order valence-corrected chi connectivity index (χ1v) is 9.44. The van der Waals surface area contributed by atoms with Gasteiger partial charge in [0.2, 0.25) is 5.91 Å². The molecule has 0 bridgehead atoms. The molecule has 1 unspecified atom stereocenters. The summed E-state index contributed by atoms with van der Waals surface area (Å²) >= 11 is 0. The highest BCUT2D eigenvalue weighted by molar-refractivity contribution is 5.98. The van der Waals surface area contributed by atoms with Gasteiger partial charge in [-0.15, -0.1) is 0 Å². The molecule has 0 saturated heterocycles. The Morgan fingerprint density at radius 1 is 0.767 bits per heavy atom. The second-order valence-electron chi connectivity index (χ2n) is 6.64. The lowest BCUT2D eigenvalue weighted by molar-refractivity contribution is -0.122. The van der Waals surface area contributed by atoms with Crippen LogP contribution in [0.15, 0.2) is 78.9 Å². The smallest absolute Gasteiger partial charge is 0.252 e. The van der Waals surface area contributed by atoms with Gasteiger partial charge in [-0.1, -0.05) is 30.3 Å². The van der Waals surface area contributed by atoms with Crippen LogP contribution in [0.4, 0.5) is 0 Å². The highest BCUT2D eigenvalue weighted by Crippen LogP contribution is 2.22. The van der Waals surface area contributed by atoms with Crippen molar-refractivity contribution in [1.82, 2.24) is 10.6 Å². The number of hydrogen-bond donors (Lipinski definition) is 2. The number of rotatable bonds is 7. The number of carbonyl (C=O) groups excluding carboxylic acids is 3. The average Bonchev–Trinajstić information content (AvgIpc) is 2.78. The third-order valence-electron chi connectivity index (χ3n) is 4.53. The van der Waals surface area contributed by atoms with Crippen molar-refractivity contribution in [2.45, 2.75) is 13.0 Å². The molecule has 3 rings (SSSR count). The standard InChI is InChI=1S/C24H22N2O4/c1-16(27)17-8-12-20(13-9-17)30-21-14-10-19(11-15-21)23(28)26-22(24(29)25-2)18-6-4-3-5-7-18/h3-15,22H,1-2H3,(H,25,29)(H,26,28). The molecule has 0 aliphatic carbocycles. The summed E-state index contributed by atoms with van der Waals surface area (Å²) in [5, 5.41) is 5.34. The zero-order chi connectivity index (χ0) is 21.5. The summed E-state index contributed by atoms with van der Waals surface area (Å²) in [6.45, 7) is 1.51. The highest BCUT2D eigenvalue weighted by atomic mass is 16.5. The van der Waals surface area contributed by atoms with E-state index in [2.05, 4.69) is 10.6 Å². The van der Waals surface area contributed by atoms with Crippen LogP contribution in [-0.2, 0) is 4.79 Å². The van der Waals surface area contributed by atoms with Gasteiger partial charge >= 0.3 is 0 Å². The minimum absolute atomic E-state index is 0.0116. The van der Waals surface area contributed by atoms with Crippen molar-refractivity contribution in [3.63, 3.8) is 0 Å². The number of amides is 2. The molecule has 0 saturated carbocycles. The monoisotopic (exact) mass is 402 g/mol. The summed E-state index contributed by atoms with van der Waals surface area (Å²) in [6.07, 6.45) is 0. The highest BCUT2D eigenvalue weighted by Gasteiger charge is 2.22. The fraction of sp³-hybridized carbons (Fsp3) is 0.125. The number of benzene rings is 3. The van der Waals surface area contributed by atoms with E-state index >= 15 is 0 Å². The van der Waals surface area contributed by atoms with E-state index in [1.165, 1.54) is 14.0 Å². The number of ketones is 1. The van der Waals surface area contributed by atoms with Gasteiger partial charge in [0.25, 0.3) is 5.91 Å². The normalized spacial score (nSPS) is 11.3. The van der Waals surface area contributed by atoms with Gasteiger partial charge in [0.05, 0.1) is 0 Å². The van der Waals surface area contributed by atoms with Gasteiger partial charge in [-0.25, -0.2) is 0 Å².